The van der Waals surface area contributed by atoms with Gasteiger partial charge in [0.25, 0.3) is 0 Å². The van der Waals surface area contributed by atoms with Gasteiger partial charge in [-0.25, -0.2) is 0 Å². The van der Waals surface area contributed by atoms with Crippen LogP contribution in [-0.2, 0) is 6.54 Å². The summed E-state index contributed by atoms with van der Waals surface area (Å²) < 4.78 is 5.56. The van der Waals surface area contributed by atoms with E-state index in [0.717, 1.165) is 11.3 Å². The number of phenols is 1. The number of hydrogen-bond acceptors (Lipinski definition) is 3. The molecule has 2 aromatic rings. The summed E-state index contributed by atoms with van der Waals surface area (Å²) in [5.74, 6) is 0.876. The molecule has 0 aliphatic carbocycles. The second-order valence-electron chi connectivity index (χ2n) is 4.21. The number of halogens is 2. The number of hydrogen-bond donors (Lipinski definition) is 2. The predicted octanol–water partition coefficient (Wildman–Crippen LogP) is 4.71. The zero-order valence-corrected chi connectivity index (χ0v) is 12.5. The lowest BCUT2D eigenvalue weighted by Gasteiger charge is -2.14. The van der Waals surface area contributed by atoms with Crippen molar-refractivity contribution < 1.29 is 9.84 Å². The molecule has 0 radical (unpaired) electrons. The number of aromatic hydroxyl groups is 1. The maximum absolute atomic E-state index is 9.25. The van der Waals surface area contributed by atoms with E-state index in [1.807, 2.05) is 13.0 Å². The predicted molar refractivity (Wildman–Crippen MR) is 83.1 cm³/mol. The van der Waals surface area contributed by atoms with Crippen LogP contribution in [0.15, 0.2) is 36.4 Å². The van der Waals surface area contributed by atoms with E-state index in [4.69, 9.17) is 27.9 Å². The minimum atomic E-state index is 0.233. The molecule has 106 valence electrons. The molecule has 20 heavy (non-hydrogen) atoms. The van der Waals surface area contributed by atoms with E-state index in [1.165, 1.54) is 0 Å². The number of ether oxygens (including phenoxy) is 1. The molecule has 3 nitrogen and oxygen atoms in total. The minimum Gasteiger partial charge on any atom is -0.508 e. The summed E-state index contributed by atoms with van der Waals surface area (Å²) in [6.07, 6.45) is 0. The summed E-state index contributed by atoms with van der Waals surface area (Å²) in [5.41, 5.74) is 1.78. The Morgan fingerprint density at radius 1 is 1.15 bits per heavy atom. The Labute approximate surface area is 128 Å². The highest BCUT2D eigenvalue weighted by molar-refractivity contribution is 6.35. The van der Waals surface area contributed by atoms with E-state index < -0.39 is 0 Å². The quantitative estimate of drug-likeness (QED) is 0.786. The average Bonchev–Trinajstić information content (AvgIpc) is 2.41. The average molecular weight is 312 g/mol. The van der Waals surface area contributed by atoms with Crippen LogP contribution < -0.4 is 10.1 Å². The van der Waals surface area contributed by atoms with Crippen molar-refractivity contribution in [1.29, 1.82) is 0 Å². The number of benzene rings is 2. The molecule has 0 unspecified atom stereocenters. The Balaban J connectivity index is 2.17. The van der Waals surface area contributed by atoms with Crippen molar-refractivity contribution in [1.82, 2.24) is 0 Å². The van der Waals surface area contributed by atoms with E-state index >= 15 is 0 Å². The van der Waals surface area contributed by atoms with Crippen LogP contribution in [0.4, 0.5) is 5.69 Å². The standard InChI is InChI=1S/C15H15Cl2NO2/c1-2-20-15-10(7-11(16)8-14(15)17)9-18-12-3-5-13(19)6-4-12/h3-8,18-19H,2,9H2,1H3. The molecule has 2 aromatic carbocycles. The first-order valence-electron chi connectivity index (χ1n) is 6.23. The molecule has 0 bridgehead atoms. The van der Waals surface area contributed by atoms with Crippen LogP contribution in [0.3, 0.4) is 0 Å². The van der Waals surface area contributed by atoms with Crippen molar-refractivity contribution in [2.24, 2.45) is 0 Å². The van der Waals surface area contributed by atoms with Gasteiger partial charge in [0.05, 0.1) is 11.6 Å². The molecule has 0 saturated heterocycles. The van der Waals surface area contributed by atoms with Crippen molar-refractivity contribution in [2.45, 2.75) is 13.5 Å². The highest BCUT2D eigenvalue weighted by Crippen LogP contribution is 2.33. The van der Waals surface area contributed by atoms with Gasteiger partial charge in [0, 0.05) is 22.8 Å². The lowest BCUT2D eigenvalue weighted by Crippen LogP contribution is -2.04. The van der Waals surface area contributed by atoms with Gasteiger partial charge in [-0.15, -0.1) is 0 Å². The van der Waals surface area contributed by atoms with Gasteiger partial charge >= 0.3 is 0 Å². The Bertz CT molecular complexity index is 585. The van der Waals surface area contributed by atoms with Crippen LogP contribution in [-0.4, -0.2) is 11.7 Å². The third kappa shape index (κ3) is 3.71. The van der Waals surface area contributed by atoms with Gasteiger partial charge < -0.3 is 15.2 Å². The Morgan fingerprint density at radius 2 is 1.85 bits per heavy atom. The smallest absolute Gasteiger partial charge is 0.142 e. The molecule has 0 spiro atoms. The van der Waals surface area contributed by atoms with Crippen molar-refractivity contribution in [3.63, 3.8) is 0 Å². The first-order valence-corrected chi connectivity index (χ1v) is 6.99. The van der Waals surface area contributed by atoms with Gasteiger partial charge in [-0.05, 0) is 43.3 Å². The fraction of sp³-hybridized carbons (Fsp3) is 0.200. The third-order valence-electron chi connectivity index (χ3n) is 2.72. The molecular formula is C15H15Cl2NO2. The first-order chi connectivity index (χ1) is 9.60. The van der Waals surface area contributed by atoms with Crippen LogP contribution >= 0.6 is 23.2 Å². The lowest BCUT2D eigenvalue weighted by molar-refractivity contribution is 0.337. The second kappa shape index (κ2) is 6.73. The molecule has 2 N–H and O–H groups in total. The van der Waals surface area contributed by atoms with Crippen molar-refractivity contribution in [3.8, 4) is 11.5 Å². The summed E-state index contributed by atoms with van der Waals surface area (Å²) in [6.45, 7) is 2.97. The molecule has 0 saturated carbocycles. The van der Waals surface area contributed by atoms with Crippen LogP contribution in [0, 0.1) is 0 Å². The fourth-order valence-corrected chi connectivity index (χ4v) is 2.42. The highest BCUT2D eigenvalue weighted by Gasteiger charge is 2.10. The van der Waals surface area contributed by atoms with Gasteiger partial charge in [0.15, 0.2) is 0 Å². The molecule has 0 heterocycles. The molecule has 0 aromatic heterocycles. The third-order valence-corrected chi connectivity index (χ3v) is 3.22. The van der Waals surface area contributed by atoms with Gasteiger partial charge in [0.1, 0.15) is 11.5 Å². The molecule has 2 rings (SSSR count). The van der Waals surface area contributed by atoms with Crippen LogP contribution in [0.1, 0.15) is 12.5 Å². The van der Waals surface area contributed by atoms with Gasteiger partial charge in [0.2, 0.25) is 0 Å². The monoisotopic (exact) mass is 311 g/mol. The Morgan fingerprint density at radius 3 is 2.50 bits per heavy atom. The second-order valence-corrected chi connectivity index (χ2v) is 5.05. The van der Waals surface area contributed by atoms with E-state index in [2.05, 4.69) is 5.32 Å². The number of phenolic OH excluding ortho intramolecular Hbond substituents is 1. The zero-order chi connectivity index (χ0) is 14.5. The Hall–Kier alpha value is -1.58. The minimum absolute atomic E-state index is 0.233. The molecule has 0 fully saturated rings. The van der Waals surface area contributed by atoms with E-state index in [0.29, 0.717) is 28.9 Å². The molecular weight excluding hydrogens is 297 g/mol. The number of anilines is 1. The van der Waals surface area contributed by atoms with Crippen molar-refractivity contribution >= 4 is 28.9 Å². The summed E-state index contributed by atoms with van der Waals surface area (Å²) in [4.78, 5) is 0. The topological polar surface area (TPSA) is 41.5 Å². The summed E-state index contributed by atoms with van der Waals surface area (Å²) in [7, 11) is 0. The summed E-state index contributed by atoms with van der Waals surface area (Å²) in [6, 6.07) is 10.3. The summed E-state index contributed by atoms with van der Waals surface area (Å²) >= 11 is 12.2. The lowest BCUT2D eigenvalue weighted by atomic mass is 10.2. The maximum atomic E-state index is 9.25. The van der Waals surface area contributed by atoms with Gasteiger partial charge in [-0.1, -0.05) is 23.2 Å². The first kappa shape index (κ1) is 14.8. The van der Waals surface area contributed by atoms with E-state index in [-0.39, 0.29) is 5.75 Å². The summed E-state index contributed by atoms with van der Waals surface area (Å²) in [5, 5.41) is 13.6. The van der Waals surface area contributed by atoms with E-state index in [9.17, 15) is 5.11 Å². The largest absolute Gasteiger partial charge is 0.508 e. The fourth-order valence-electron chi connectivity index (χ4n) is 1.83. The van der Waals surface area contributed by atoms with Gasteiger partial charge in [-0.2, -0.15) is 0 Å². The number of rotatable bonds is 5. The molecule has 0 atom stereocenters. The highest BCUT2D eigenvalue weighted by atomic mass is 35.5. The van der Waals surface area contributed by atoms with Gasteiger partial charge in [-0.3, -0.25) is 0 Å². The van der Waals surface area contributed by atoms with Crippen LogP contribution in [0.2, 0.25) is 10.0 Å². The van der Waals surface area contributed by atoms with Crippen molar-refractivity contribution in [3.05, 3.63) is 52.0 Å². The van der Waals surface area contributed by atoms with E-state index in [1.54, 1.807) is 30.3 Å². The SMILES string of the molecule is CCOc1c(Cl)cc(Cl)cc1CNc1ccc(O)cc1. The van der Waals surface area contributed by atoms with Crippen molar-refractivity contribution in [2.75, 3.05) is 11.9 Å². The van der Waals surface area contributed by atoms with Crippen LogP contribution in [0.5, 0.6) is 11.5 Å². The van der Waals surface area contributed by atoms with Crippen LogP contribution in [0.25, 0.3) is 0 Å². The number of nitrogens with one attached hydrogen (secondary N) is 1. The molecule has 5 heteroatoms. The Kier molecular flexibility index (Phi) is 4.99. The molecule has 0 aliphatic rings. The normalized spacial score (nSPS) is 10.3. The molecule has 0 aliphatic heterocycles. The molecule has 0 amide bonds. The zero-order valence-electron chi connectivity index (χ0n) is 11.0. The maximum Gasteiger partial charge on any atom is 0.142 e.